The van der Waals surface area contributed by atoms with Crippen LogP contribution in [0.4, 0.5) is 0 Å². The molecule has 0 heterocycles. The summed E-state index contributed by atoms with van der Waals surface area (Å²) in [4.78, 5) is 0. The van der Waals surface area contributed by atoms with E-state index < -0.39 is 0 Å². The lowest BCUT2D eigenvalue weighted by Gasteiger charge is -2.19. The summed E-state index contributed by atoms with van der Waals surface area (Å²) < 4.78 is 11.1. The van der Waals surface area contributed by atoms with Gasteiger partial charge in [-0.25, -0.2) is 0 Å². The lowest BCUT2D eigenvalue weighted by atomic mass is 10.1. The van der Waals surface area contributed by atoms with E-state index in [0.717, 1.165) is 24.8 Å². The number of aliphatic hydroxyl groups excluding tert-OH is 1. The predicted molar refractivity (Wildman–Crippen MR) is 69.9 cm³/mol. The number of hydrogen-bond acceptors (Lipinski definition) is 4. The van der Waals surface area contributed by atoms with Gasteiger partial charge in [-0.3, -0.25) is 0 Å². The van der Waals surface area contributed by atoms with Crippen molar-refractivity contribution in [3.63, 3.8) is 0 Å². The van der Waals surface area contributed by atoms with Crippen LogP contribution >= 0.6 is 0 Å². The van der Waals surface area contributed by atoms with E-state index in [4.69, 9.17) is 15.2 Å². The monoisotopic (exact) mass is 251 g/mol. The molecule has 1 aromatic carbocycles. The Morgan fingerprint density at radius 1 is 1.33 bits per heavy atom. The molecule has 0 amide bonds. The van der Waals surface area contributed by atoms with Gasteiger partial charge < -0.3 is 20.3 Å². The molecule has 0 bridgehead atoms. The largest absolute Gasteiger partial charge is 0.493 e. The van der Waals surface area contributed by atoms with Gasteiger partial charge in [-0.1, -0.05) is 6.07 Å². The normalized spacial score (nSPS) is 24.9. The van der Waals surface area contributed by atoms with Crippen LogP contribution in [0.3, 0.4) is 0 Å². The first kappa shape index (κ1) is 13.2. The van der Waals surface area contributed by atoms with Crippen molar-refractivity contribution in [2.75, 3.05) is 7.11 Å². The molecule has 2 rings (SSSR count). The van der Waals surface area contributed by atoms with Gasteiger partial charge in [0.25, 0.3) is 0 Å². The number of nitrogens with two attached hydrogens (primary N) is 1. The molecule has 3 atom stereocenters. The Hall–Kier alpha value is -1.26. The van der Waals surface area contributed by atoms with Crippen LogP contribution in [-0.2, 0) is 0 Å². The third kappa shape index (κ3) is 2.76. The third-order valence-corrected chi connectivity index (χ3v) is 3.41. The van der Waals surface area contributed by atoms with Crippen LogP contribution in [0.25, 0.3) is 0 Å². The van der Waals surface area contributed by atoms with Gasteiger partial charge in [0.05, 0.1) is 13.2 Å². The molecule has 3 N–H and O–H groups in total. The van der Waals surface area contributed by atoms with E-state index in [1.165, 1.54) is 0 Å². The minimum Gasteiger partial charge on any atom is -0.493 e. The fraction of sp³-hybridized carbons (Fsp3) is 0.571. The molecule has 0 aliphatic heterocycles. The molecule has 1 fully saturated rings. The molecule has 100 valence electrons. The van der Waals surface area contributed by atoms with Crippen molar-refractivity contribution in [1.82, 2.24) is 0 Å². The minimum absolute atomic E-state index is 0.0370. The Kier molecular flexibility index (Phi) is 4.09. The Bertz CT molecular complexity index is 406. The highest BCUT2D eigenvalue weighted by Gasteiger charge is 2.27. The topological polar surface area (TPSA) is 64.7 Å². The van der Waals surface area contributed by atoms with Gasteiger partial charge in [0, 0.05) is 6.04 Å². The van der Waals surface area contributed by atoms with Crippen LogP contribution in [0.15, 0.2) is 18.2 Å². The maximum atomic E-state index is 9.77. The zero-order valence-electron chi connectivity index (χ0n) is 10.9. The summed E-state index contributed by atoms with van der Waals surface area (Å²) in [6.07, 6.45) is 2.21. The molecule has 2 unspecified atom stereocenters. The average Bonchev–Trinajstić information content (AvgIpc) is 2.75. The van der Waals surface area contributed by atoms with Crippen LogP contribution in [0.5, 0.6) is 11.5 Å². The maximum Gasteiger partial charge on any atom is 0.161 e. The molecule has 1 saturated carbocycles. The molecule has 1 aliphatic rings. The highest BCUT2D eigenvalue weighted by molar-refractivity contribution is 5.43. The predicted octanol–water partition coefficient (Wildman–Crippen LogP) is 2.01. The standard InChI is InChI=1S/C14H21NO3/c1-9(15)10-6-7-13(14(8-10)17-2)18-12-5-3-4-11(12)16/h6-9,11-12,16H,3-5,15H2,1-2H3/t9-,11?,12?/m1/s1. The third-order valence-electron chi connectivity index (χ3n) is 3.41. The van der Waals surface area contributed by atoms with Crippen LogP contribution in [0.2, 0.25) is 0 Å². The Balaban J connectivity index is 2.17. The van der Waals surface area contributed by atoms with Crippen LogP contribution in [0, 0.1) is 0 Å². The van der Waals surface area contributed by atoms with E-state index in [-0.39, 0.29) is 18.2 Å². The fourth-order valence-corrected chi connectivity index (χ4v) is 2.27. The number of methoxy groups -OCH3 is 1. The first-order valence-electron chi connectivity index (χ1n) is 6.40. The number of hydrogen-bond donors (Lipinski definition) is 2. The summed E-state index contributed by atoms with van der Waals surface area (Å²) in [7, 11) is 1.61. The second-order valence-electron chi connectivity index (χ2n) is 4.85. The van der Waals surface area contributed by atoms with E-state index >= 15 is 0 Å². The van der Waals surface area contributed by atoms with Crippen LogP contribution in [0.1, 0.15) is 37.8 Å². The van der Waals surface area contributed by atoms with E-state index in [2.05, 4.69) is 0 Å². The average molecular weight is 251 g/mol. The summed E-state index contributed by atoms with van der Waals surface area (Å²) in [5, 5.41) is 9.77. The van der Waals surface area contributed by atoms with Gasteiger partial charge in [0.15, 0.2) is 11.5 Å². The quantitative estimate of drug-likeness (QED) is 0.859. The van der Waals surface area contributed by atoms with Crippen molar-refractivity contribution in [2.45, 2.75) is 44.4 Å². The van der Waals surface area contributed by atoms with Crippen molar-refractivity contribution in [3.8, 4) is 11.5 Å². The zero-order valence-corrected chi connectivity index (χ0v) is 10.9. The molecule has 0 radical (unpaired) electrons. The van der Waals surface area contributed by atoms with Gasteiger partial charge in [0.2, 0.25) is 0 Å². The summed E-state index contributed by atoms with van der Waals surface area (Å²) in [5.74, 6) is 1.34. The summed E-state index contributed by atoms with van der Waals surface area (Å²) in [5.41, 5.74) is 6.84. The van der Waals surface area contributed by atoms with E-state index in [1.54, 1.807) is 7.11 Å². The number of rotatable bonds is 4. The highest BCUT2D eigenvalue weighted by atomic mass is 16.5. The van der Waals surface area contributed by atoms with Crippen molar-refractivity contribution in [2.24, 2.45) is 5.73 Å². The molecular weight excluding hydrogens is 230 g/mol. The second kappa shape index (κ2) is 5.59. The van der Waals surface area contributed by atoms with Gasteiger partial charge in [-0.2, -0.15) is 0 Å². The molecule has 4 nitrogen and oxygen atoms in total. The van der Waals surface area contributed by atoms with Crippen molar-refractivity contribution in [3.05, 3.63) is 23.8 Å². The molecule has 1 aliphatic carbocycles. The SMILES string of the molecule is COc1cc([C@@H](C)N)ccc1OC1CCCC1O. The van der Waals surface area contributed by atoms with Crippen LogP contribution < -0.4 is 15.2 Å². The fourth-order valence-electron chi connectivity index (χ4n) is 2.27. The van der Waals surface area contributed by atoms with Crippen molar-refractivity contribution in [1.29, 1.82) is 0 Å². The number of aliphatic hydroxyl groups is 1. The maximum absolute atomic E-state index is 9.77. The molecule has 1 aromatic rings. The Morgan fingerprint density at radius 3 is 2.67 bits per heavy atom. The van der Waals surface area contributed by atoms with Gasteiger partial charge in [-0.15, -0.1) is 0 Å². The number of benzene rings is 1. The first-order valence-corrected chi connectivity index (χ1v) is 6.40. The van der Waals surface area contributed by atoms with E-state index in [1.807, 2.05) is 25.1 Å². The molecular formula is C14H21NO3. The minimum atomic E-state index is -0.372. The molecule has 0 spiro atoms. The molecule has 0 aromatic heterocycles. The van der Waals surface area contributed by atoms with Crippen molar-refractivity contribution >= 4 is 0 Å². The Labute approximate surface area is 108 Å². The molecule has 4 heteroatoms. The van der Waals surface area contributed by atoms with Crippen LogP contribution in [-0.4, -0.2) is 24.4 Å². The highest BCUT2D eigenvalue weighted by Crippen LogP contribution is 2.33. The van der Waals surface area contributed by atoms with Gasteiger partial charge in [0.1, 0.15) is 6.10 Å². The summed E-state index contributed by atoms with van der Waals surface area (Å²) in [6, 6.07) is 5.65. The lowest BCUT2D eigenvalue weighted by molar-refractivity contribution is 0.0586. The van der Waals surface area contributed by atoms with Gasteiger partial charge >= 0.3 is 0 Å². The summed E-state index contributed by atoms with van der Waals surface area (Å²) in [6.45, 7) is 1.93. The second-order valence-corrected chi connectivity index (χ2v) is 4.85. The molecule has 0 saturated heterocycles. The van der Waals surface area contributed by atoms with E-state index in [0.29, 0.717) is 11.5 Å². The Morgan fingerprint density at radius 2 is 2.11 bits per heavy atom. The number of ether oxygens (including phenoxy) is 2. The smallest absolute Gasteiger partial charge is 0.161 e. The first-order chi connectivity index (χ1) is 8.61. The van der Waals surface area contributed by atoms with Gasteiger partial charge in [-0.05, 0) is 43.9 Å². The van der Waals surface area contributed by atoms with Crippen molar-refractivity contribution < 1.29 is 14.6 Å². The lowest BCUT2D eigenvalue weighted by Crippen LogP contribution is -2.25. The summed E-state index contributed by atoms with van der Waals surface area (Å²) >= 11 is 0. The zero-order chi connectivity index (χ0) is 13.1. The molecule has 18 heavy (non-hydrogen) atoms. The van der Waals surface area contributed by atoms with E-state index in [9.17, 15) is 5.11 Å².